The molecule has 0 aliphatic heterocycles. The molecular formula is C15H15BrFNO2. The van der Waals surface area contributed by atoms with Gasteiger partial charge in [-0.05, 0) is 40.0 Å². The van der Waals surface area contributed by atoms with Gasteiger partial charge in [0.15, 0.2) is 17.2 Å². The summed E-state index contributed by atoms with van der Waals surface area (Å²) >= 11 is 3.11. The Bertz CT molecular complexity index is 632. The van der Waals surface area contributed by atoms with Crippen molar-refractivity contribution in [1.82, 2.24) is 0 Å². The summed E-state index contributed by atoms with van der Waals surface area (Å²) in [6.45, 7) is 2.06. The molecule has 0 heterocycles. The van der Waals surface area contributed by atoms with Crippen LogP contribution in [0.2, 0.25) is 0 Å². The number of nitrogen functional groups attached to an aromatic ring is 1. The topological polar surface area (TPSA) is 44.5 Å². The maximum Gasteiger partial charge on any atom is 0.169 e. The Morgan fingerprint density at radius 2 is 1.90 bits per heavy atom. The largest absolute Gasteiger partial charge is 0.493 e. The fourth-order valence-electron chi connectivity index (χ4n) is 1.77. The summed E-state index contributed by atoms with van der Waals surface area (Å²) in [5, 5.41) is 0. The van der Waals surface area contributed by atoms with Crippen molar-refractivity contribution in [2.45, 2.75) is 13.3 Å². The molecule has 2 aromatic carbocycles. The van der Waals surface area contributed by atoms with Crippen molar-refractivity contribution in [3.8, 4) is 17.2 Å². The van der Waals surface area contributed by atoms with Gasteiger partial charge in [0.1, 0.15) is 5.82 Å². The van der Waals surface area contributed by atoms with Crippen LogP contribution < -0.4 is 15.2 Å². The SMILES string of the molecule is CCc1ccc(Oc2cc(Br)c(F)cc2N)c(OC)c1. The molecule has 0 bridgehead atoms. The predicted molar refractivity (Wildman–Crippen MR) is 81.0 cm³/mol. The van der Waals surface area contributed by atoms with Crippen LogP contribution in [-0.2, 0) is 6.42 Å². The van der Waals surface area contributed by atoms with Crippen LogP contribution >= 0.6 is 15.9 Å². The Hall–Kier alpha value is -1.75. The van der Waals surface area contributed by atoms with E-state index in [0.29, 0.717) is 21.7 Å². The van der Waals surface area contributed by atoms with Crippen LogP contribution in [-0.4, -0.2) is 7.11 Å². The van der Waals surface area contributed by atoms with E-state index in [1.54, 1.807) is 7.11 Å². The first kappa shape index (κ1) is 14.7. The van der Waals surface area contributed by atoms with Gasteiger partial charge in [-0.1, -0.05) is 13.0 Å². The van der Waals surface area contributed by atoms with Crippen molar-refractivity contribution in [3.05, 3.63) is 46.2 Å². The van der Waals surface area contributed by atoms with Crippen molar-refractivity contribution in [1.29, 1.82) is 0 Å². The maximum atomic E-state index is 13.3. The highest BCUT2D eigenvalue weighted by Gasteiger charge is 2.11. The molecule has 0 amide bonds. The molecule has 20 heavy (non-hydrogen) atoms. The highest BCUT2D eigenvalue weighted by atomic mass is 79.9. The first-order valence-electron chi connectivity index (χ1n) is 6.14. The quantitative estimate of drug-likeness (QED) is 0.832. The highest BCUT2D eigenvalue weighted by molar-refractivity contribution is 9.10. The van der Waals surface area contributed by atoms with Gasteiger partial charge in [0.25, 0.3) is 0 Å². The first-order valence-corrected chi connectivity index (χ1v) is 6.93. The molecule has 0 aliphatic carbocycles. The summed E-state index contributed by atoms with van der Waals surface area (Å²) in [6.07, 6.45) is 0.904. The molecule has 0 aromatic heterocycles. The standard InChI is InChI=1S/C15H15BrFNO2/c1-3-9-4-5-13(15(6-9)19-2)20-14-7-10(16)11(17)8-12(14)18/h4-8H,3,18H2,1-2H3. The highest BCUT2D eigenvalue weighted by Crippen LogP contribution is 2.37. The number of aryl methyl sites for hydroxylation is 1. The molecule has 2 N–H and O–H groups in total. The molecule has 3 nitrogen and oxygen atoms in total. The van der Waals surface area contributed by atoms with Crippen molar-refractivity contribution >= 4 is 21.6 Å². The van der Waals surface area contributed by atoms with Crippen molar-refractivity contribution in [2.24, 2.45) is 0 Å². The van der Waals surface area contributed by atoms with Crippen LogP contribution in [0.15, 0.2) is 34.8 Å². The molecule has 0 spiro atoms. The second-order valence-electron chi connectivity index (χ2n) is 4.24. The third kappa shape index (κ3) is 3.04. The van der Waals surface area contributed by atoms with E-state index in [4.69, 9.17) is 15.2 Å². The first-order chi connectivity index (χ1) is 9.55. The summed E-state index contributed by atoms with van der Waals surface area (Å²) in [5.41, 5.74) is 7.13. The molecule has 0 saturated carbocycles. The molecule has 2 rings (SSSR count). The maximum absolute atomic E-state index is 13.3. The predicted octanol–water partition coefficient (Wildman–Crippen LogP) is 4.53. The number of anilines is 1. The molecule has 0 radical (unpaired) electrons. The summed E-state index contributed by atoms with van der Waals surface area (Å²) in [5.74, 6) is 1.10. The number of hydrogen-bond donors (Lipinski definition) is 1. The number of hydrogen-bond acceptors (Lipinski definition) is 3. The lowest BCUT2D eigenvalue weighted by molar-refractivity contribution is 0.378. The Morgan fingerprint density at radius 1 is 1.15 bits per heavy atom. The van der Waals surface area contributed by atoms with E-state index in [9.17, 15) is 4.39 Å². The molecule has 2 aromatic rings. The Morgan fingerprint density at radius 3 is 2.55 bits per heavy atom. The zero-order valence-electron chi connectivity index (χ0n) is 11.2. The van der Waals surface area contributed by atoms with Gasteiger partial charge in [0.05, 0.1) is 17.3 Å². The van der Waals surface area contributed by atoms with E-state index in [-0.39, 0.29) is 5.69 Å². The lowest BCUT2D eigenvalue weighted by Gasteiger charge is -2.13. The van der Waals surface area contributed by atoms with Crippen LogP contribution in [0.5, 0.6) is 17.2 Å². The van der Waals surface area contributed by atoms with E-state index >= 15 is 0 Å². The molecule has 106 valence electrons. The van der Waals surface area contributed by atoms with Gasteiger partial charge in [-0.3, -0.25) is 0 Å². The van der Waals surface area contributed by atoms with Gasteiger partial charge in [-0.25, -0.2) is 4.39 Å². The number of methoxy groups -OCH3 is 1. The third-order valence-electron chi connectivity index (χ3n) is 2.91. The monoisotopic (exact) mass is 339 g/mol. The third-order valence-corrected chi connectivity index (χ3v) is 3.52. The normalized spacial score (nSPS) is 10.4. The van der Waals surface area contributed by atoms with E-state index in [1.807, 2.05) is 18.2 Å². The van der Waals surface area contributed by atoms with Crippen LogP contribution in [0.4, 0.5) is 10.1 Å². The van der Waals surface area contributed by atoms with Gasteiger partial charge in [0.2, 0.25) is 0 Å². The van der Waals surface area contributed by atoms with Gasteiger partial charge >= 0.3 is 0 Å². The van der Waals surface area contributed by atoms with Crippen molar-refractivity contribution in [3.63, 3.8) is 0 Å². The average molecular weight is 340 g/mol. The van der Waals surface area contributed by atoms with Gasteiger partial charge in [-0.2, -0.15) is 0 Å². The average Bonchev–Trinajstić information content (AvgIpc) is 2.45. The lowest BCUT2D eigenvalue weighted by Crippen LogP contribution is -1.96. The molecule has 0 atom stereocenters. The second-order valence-corrected chi connectivity index (χ2v) is 5.10. The zero-order valence-corrected chi connectivity index (χ0v) is 12.8. The van der Waals surface area contributed by atoms with Crippen LogP contribution in [0.25, 0.3) is 0 Å². The fraction of sp³-hybridized carbons (Fsp3) is 0.200. The van der Waals surface area contributed by atoms with Gasteiger partial charge < -0.3 is 15.2 Å². The molecule has 0 unspecified atom stereocenters. The Labute approximate surface area is 125 Å². The minimum Gasteiger partial charge on any atom is -0.493 e. The number of halogens is 2. The minimum atomic E-state index is -0.428. The summed E-state index contributed by atoms with van der Waals surface area (Å²) < 4.78 is 24.7. The van der Waals surface area contributed by atoms with Crippen LogP contribution in [0.1, 0.15) is 12.5 Å². The van der Waals surface area contributed by atoms with Crippen LogP contribution in [0.3, 0.4) is 0 Å². The van der Waals surface area contributed by atoms with E-state index < -0.39 is 5.82 Å². The van der Waals surface area contributed by atoms with Crippen LogP contribution in [0, 0.1) is 5.82 Å². The van der Waals surface area contributed by atoms with E-state index in [2.05, 4.69) is 22.9 Å². The molecule has 0 fully saturated rings. The van der Waals surface area contributed by atoms with Crippen molar-refractivity contribution in [2.75, 3.05) is 12.8 Å². The summed E-state index contributed by atoms with van der Waals surface area (Å²) in [4.78, 5) is 0. The number of rotatable bonds is 4. The molecule has 0 saturated heterocycles. The van der Waals surface area contributed by atoms with E-state index in [0.717, 1.165) is 12.0 Å². The lowest BCUT2D eigenvalue weighted by atomic mass is 10.1. The second kappa shape index (κ2) is 6.13. The van der Waals surface area contributed by atoms with Gasteiger partial charge in [0, 0.05) is 12.1 Å². The van der Waals surface area contributed by atoms with E-state index in [1.165, 1.54) is 12.1 Å². The molecule has 0 aliphatic rings. The summed E-state index contributed by atoms with van der Waals surface area (Å²) in [6, 6.07) is 8.38. The van der Waals surface area contributed by atoms with Crippen molar-refractivity contribution < 1.29 is 13.9 Å². The minimum absolute atomic E-state index is 0.229. The molecular weight excluding hydrogens is 325 g/mol. The Balaban J connectivity index is 2.37. The summed E-state index contributed by atoms with van der Waals surface area (Å²) in [7, 11) is 1.57. The number of benzene rings is 2. The van der Waals surface area contributed by atoms with Gasteiger partial charge in [-0.15, -0.1) is 0 Å². The number of nitrogens with two attached hydrogens (primary N) is 1. The molecule has 5 heteroatoms. The smallest absolute Gasteiger partial charge is 0.169 e. The Kier molecular flexibility index (Phi) is 4.49. The zero-order chi connectivity index (χ0) is 14.7. The number of ether oxygens (including phenoxy) is 2. The fourth-order valence-corrected chi connectivity index (χ4v) is 2.09.